The Kier molecular flexibility index (Phi) is 4.28. The molecule has 0 bridgehead atoms. The first kappa shape index (κ1) is 15.2. The molecule has 0 radical (unpaired) electrons. The zero-order valence-corrected chi connectivity index (χ0v) is 12.2. The van der Waals surface area contributed by atoms with Crippen LogP contribution in [0.2, 0.25) is 0 Å². The summed E-state index contributed by atoms with van der Waals surface area (Å²) in [6, 6.07) is 1.44. The van der Waals surface area contributed by atoms with Crippen molar-refractivity contribution >= 4 is 25.5 Å². The van der Waals surface area contributed by atoms with Crippen LogP contribution in [-0.4, -0.2) is 39.9 Å². The van der Waals surface area contributed by atoms with Crippen LogP contribution in [0.4, 0.5) is 5.69 Å². The van der Waals surface area contributed by atoms with Crippen LogP contribution in [0.1, 0.15) is 6.42 Å². The van der Waals surface area contributed by atoms with E-state index in [4.69, 9.17) is 5.84 Å². The van der Waals surface area contributed by atoms with E-state index >= 15 is 0 Å². The number of hydrogen-bond donors (Lipinski definition) is 3. The number of pyridine rings is 1. The van der Waals surface area contributed by atoms with E-state index in [1.807, 2.05) is 0 Å². The molecule has 8 nitrogen and oxygen atoms in total. The van der Waals surface area contributed by atoms with Gasteiger partial charge in [-0.3, -0.25) is 10.8 Å². The van der Waals surface area contributed by atoms with Crippen LogP contribution in [-0.2, 0) is 19.9 Å². The van der Waals surface area contributed by atoms with Crippen molar-refractivity contribution in [2.75, 3.05) is 23.5 Å². The summed E-state index contributed by atoms with van der Waals surface area (Å²) in [7, 11) is -6.80. The molecule has 0 amide bonds. The van der Waals surface area contributed by atoms with Gasteiger partial charge in [-0.15, -0.1) is 0 Å². The third kappa shape index (κ3) is 3.45. The van der Waals surface area contributed by atoms with E-state index < -0.39 is 19.9 Å². The van der Waals surface area contributed by atoms with Gasteiger partial charge in [0, 0.05) is 18.9 Å². The normalized spacial score (nSPS) is 21.8. The molecule has 112 valence electrons. The molecule has 10 heteroatoms. The van der Waals surface area contributed by atoms with Crippen LogP contribution < -0.4 is 16.0 Å². The standard InChI is InChI=1S/C10H16N4O4S2/c11-14-9-1-3-12-6-10(9)20(17,18)13-5-8-2-4-19(15,16)7-8/h1,3,6,8,13H,2,4-5,7,11H2,(H,12,14). The number of nitrogens with two attached hydrogens (primary N) is 1. The van der Waals surface area contributed by atoms with Crippen molar-refractivity contribution in [1.29, 1.82) is 0 Å². The molecule has 1 aromatic heterocycles. The van der Waals surface area contributed by atoms with Crippen LogP contribution in [0.25, 0.3) is 0 Å². The Morgan fingerprint density at radius 1 is 1.45 bits per heavy atom. The van der Waals surface area contributed by atoms with Crippen molar-refractivity contribution in [3.8, 4) is 0 Å². The van der Waals surface area contributed by atoms with E-state index in [2.05, 4.69) is 15.1 Å². The van der Waals surface area contributed by atoms with Gasteiger partial charge in [0.2, 0.25) is 10.0 Å². The number of hydrazine groups is 1. The van der Waals surface area contributed by atoms with Crippen molar-refractivity contribution in [2.24, 2.45) is 11.8 Å². The number of nitrogens with one attached hydrogen (secondary N) is 2. The SMILES string of the molecule is NNc1ccncc1S(=O)(=O)NCC1CCS(=O)(=O)C1. The maximum atomic E-state index is 12.1. The van der Waals surface area contributed by atoms with Crippen LogP contribution >= 0.6 is 0 Å². The molecule has 2 heterocycles. The van der Waals surface area contributed by atoms with Crippen molar-refractivity contribution in [3.05, 3.63) is 18.5 Å². The first-order valence-electron chi connectivity index (χ1n) is 5.95. The lowest BCUT2D eigenvalue weighted by atomic mass is 10.1. The van der Waals surface area contributed by atoms with E-state index in [1.165, 1.54) is 18.5 Å². The molecule has 0 aliphatic carbocycles. The predicted molar refractivity (Wildman–Crippen MR) is 74.0 cm³/mol. The highest BCUT2D eigenvalue weighted by Gasteiger charge is 2.29. The summed E-state index contributed by atoms with van der Waals surface area (Å²) in [5, 5.41) is 0. The van der Waals surface area contributed by atoms with Crippen molar-refractivity contribution in [3.63, 3.8) is 0 Å². The van der Waals surface area contributed by atoms with E-state index in [1.54, 1.807) is 0 Å². The lowest BCUT2D eigenvalue weighted by molar-refractivity contribution is 0.543. The summed E-state index contributed by atoms with van der Waals surface area (Å²) in [6.45, 7) is 0.0838. The smallest absolute Gasteiger partial charge is 0.244 e. The molecule has 1 aliphatic heterocycles. The molecule has 0 aromatic carbocycles. The third-order valence-corrected chi connectivity index (χ3v) is 6.41. The van der Waals surface area contributed by atoms with Gasteiger partial charge in [0.15, 0.2) is 9.84 Å². The molecule has 1 fully saturated rings. The molecule has 1 saturated heterocycles. The van der Waals surface area contributed by atoms with Gasteiger partial charge < -0.3 is 5.43 Å². The highest BCUT2D eigenvalue weighted by atomic mass is 32.2. The van der Waals surface area contributed by atoms with Gasteiger partial charge in [0.25, 0.3) is 0 Å². The summed E-state index contributed by atoms with van der Waals surface area (Å²) in [5.41, 5.74) is 2.52. The average Bonchev–Trinajstić information content (AvgIpc) is 2.76. The summed E-state index contributed by atoms with van der Waals surface area (Å²) >= 11 is 0. The Bertz CT molecular complexity index is 687. The van der Waals surface area contributed by atoms with Gasteiger partial charge in [0.1, 0.15) is 4.90 Å². The summed E-state index contributed by atoms with van der Waals surface area (Å²) in [6.07, 6.45) is 3.07. The number of sulfone groups is 1. The van der Waals surface area contributed by atoms with E-state index in [9.17, 15) is 16.8 Å². The molecule has 1 atom stereocenters. The fourth-order valence-corrected chi connectivity index (χ4v) is 5.14. The summed E-state index contributed by atoms with van der Waals surface area (Å²) in [5.74, 6) is 5.19. The van der Waals surface area contributed by atoms with Crippen molar-refractivity contribution in [1.82, 2.24) is 9.71 Å². The number of sulfonamides is 1. The average molecular weight is 320 g/mol. The van der Waals surface area contributed by atoms with Crippen LogP contribution in [0.15, 0.2) is 23.4 Å². The molecule has 20 heavy (non-hydrogen) atoms. The second-order valence-corrected chi connectivity index (χ2v) is 8.60. The van der Waals surface area contributed by atoms with E-state index in [-0.39, 0.29) is 34.6 Å². The lowest BCUT2D eigenvalue weighted by Gasteiger charge is -2.12. The molecular formula is C10H16N4O4S2. The van der Waals surface area contributed by atoms with Crippen molar-refractivity contribution in [2.45, 2.75) is 11.3 Å². The summed E-state index contributed by atoms with van der Waals surface area (Å²) in [4.78, 5) is 3.69. The van der Waals surface area contributed by atoms with Crippen LogP contribution in [0.3, 0.4) is 0 Å². The predicted octanol–water partition coefficient (Wildman–Crippen LogP) is -0.920. The minimum Gasteiger partial charge on any atom is -0.323 e. The van der Waals surface area contributed by atoms with Crippen molar-refractivity contribution < 1.29 is 16.8 Å². The Balaban J connectivity index is 2.08. The maximum absolute atomic E-state index is 12.1. The molecule has 0 saturated carbocycles. The largest absolute Gasteiger partial charge is 0.323 e. The van der Waals surface area contributed by atoms with Gasteiger partial charge in [-0.1, -0.05) is 0 Å². The highest BCUT2D eigenvalue weighted by molar-refractivity contribution is 7.91. The quantitative estimate of drug-likeness (QED) is 0.472. The number of rotatable bonds is 5. The zero-order valence-electron chi connectivity index (χ0n) is 10.6. The van der Waals surface area contributed by atoms with Gasteiger partial charge in [0.05, 0.1) is 17.2 Å². The maximum Gasteiger partial charge on any atom is 0.244 e. The Morgan fingerprint density at radius 3 is 2.80 bits per heavy atom. The van der Waals surface area contributed by atoms with Gasteiger partial charge in [-0.2, -0.15) is 0 Å². The number of hydrogen-bond acceptors (Lipinski definition) is 7. The Hall–Kier alpha value is -1.23. The van der Waals surface area contributed by atoms with Gasteiger partial charge in [-0.05, 0) is 18.4 Å². The number of nitrogen functional groups attached to an aromatic ring is 1. The number of nitrogens with zero attached hydrogens (tertiary/aromatic N) is 1. The molecule has 1 aromatic rings. The molecular weight excluding hydrogens is 304 g/mol. The van der Waals surface area contributed by atoms with E-state index in [0.29, 0.717) is 6.42 Å². The Morgan fingerprint density at radius 2 is 2.20 bits per heavy atom. The monoisotopic (exact) mass is 320 g/mol. The highest BCUT2D eigenvalue weighted by Crippen LogP contribution is 2.21. The first-order valence-corrected chi connectivity index (χ1v) is 9.25. The second-order valence-electron chi connectivity index (χ2n) is 4.64. The molecule has 4 N–H and O–H groups in total. The zero-order chi connectivity index (χ0) is 14.8. The minimum absolute atomic E-state index is 0.0184. The molecule has 1 unspecified atom stereocenters. The number of aromatic nitrogens is 1. The number of anilines is 1. The van der Waals surface area contributed by atoms with Gasteiger partial charge >= 0.3 is 0 Å². The molecule has 2 rings (SSSR count). The van der Waals surface area contributed by atoms with Crippen LogP contribution in [0, 0.1) is 5.92 Å². The fourth-order valence-electron chi connectivity index (χ4n) is 2.05. The van der Waals surface area contributed by atoms with Crippen LogP contribution in [0.5, 0.6) is 0 Å². The topological polar surface area (TPSA) is 131 Å². The third-order valence-electron chi connectivity index (χ3n) is 3.12. The van der Waals surface area contributed by atoms with E-state index in [0.717, 1.165) is 0 Å². The molecule has 1 aliphatic rings. The fraction of sp³-hybridized carbons (Fsp3) is 0.500. The van der Waals surface area contributed by atoms with Gasteiger partial charge in [-0.25, -0.2) is 21.6 Å². The molecule has 0 spiro atoms. The minimum atomic E-state index is -3.78. The lowest BCUT2D eigenvalue weighted by Crippen LogP contribution is -2.30. The summed E-state index contributed by atoms with van der Waals surface area (Å²) < 4.78 is 49.3. The second kappa shape index (κ2) is 5.64. The Labute approximate surface area is 117 Å². The first-order chi connectivity index (χ1) is 9.34.